The number of carbonyl (C=O) groups is 2. The Labute approximate surface area is 139 Å². The SMILES string of the molecule is CC(Nc1ccc(Cl)c(Cl)c1)C(=O)OCC(=O)OC(C)(C)C. The summed E-state index contributed by atoms with van der Waals surface area (Å²) in [6.45, 7) is 6.40. The van der Waals surface area contributed by atoms with Gasteiger partial charge in [0.05, 0.1) is 10.0 Å². The van der Waals surface area contributed by atoms with E-state index in [4.69, 9.17) is 32.7 Å². The van der Waals surface area contributed by atoms with Crippen molar-refractivity contribution in [1.82, 2.24) is 0 Å². The van der Waals surface area contributed by atoms with Gasteiger partial charge in [-0.05, 0) is 45.9 Å². The van der Waals surface area contributed by atoms with Gasteiger partial charge in [-0.2, -0.15) is 0 Å². The second-order valence-corrected chi connectivity index (χ2v) is 6.50. The Balaban J connectivity index is 2.48. The van der Waals surface area contributed by atoms with Crippen LogP contribution in [0.3, 0.4) is 0 Å². The molecule has 1 N–H and O–H groups in total. The number of anilines is 1. The molecule has 0 amide bonds. The smallest absolute Gasteiger partial charge is 0.344 e. The van der Waals surface area contributed by atoms with Gasteiger partial charge < -0.3 is 14.8 Å². The summed E-state index contributed by atoms with van der Waals surface area (Å²) in [5.41, 5.74) is 0.00376. The molecule has 122 valence electrons. The molecule has 1 rings (SSSR count). The van der Waals surface area contributed by atoms with Crippen LogP contribution in [0.15, 0.2) is 18.2 Å². The molecule has 22 heavy (non-hydrogen) atoms. The molecular formula is C15H19Cl2NO4. The largest absolute Gasteiger partial charge is 0.457 e. The van der Waals surface area contributed by atoms with E-state index in [1.54, 1.807) is 45.9 Å². The number of hydrogen-bond donors (Lipinski definition) is 1. The maximum atomic E-state index is 11.8. The molecule has 0 saturated heterocycles. The Kier molecular flexibility index (Phi) is 6.50. The highest BCUT2D eigenvalue weighted by Crippen LogP contribution is 2.25. The number of rotatable bonds is 5. The first-order valence-electron chi connectivity index (χ1n) is 6.68. The summed E-state index contributed by atoms with van der Waals surface area (Å²) >= 11 is 11.7. The number of nitrogens with one attached hydrogen (secondary N) is 1. The molecule has 7 heteroatoms. The zero-order valence-electron chi connectivity index (χ0n) is 12.9. The predicted molar refractivity (Wildman–Crippen MR) is 86.4 cm³/mol. The van der Waals surface area contributed by atoms with Crippen LogP contribution in [0.5, 0.6) is 0 Å². The number of esters is 2. The topological polar surface area (TPSA) is 64.6 Å². The van der Waals surface area contributed by atoms with Crippen molar-refractivity contribution >= 4 is 40.8 Å². The lowest BCUT2D eigenvalue weighted by molar-refractivity contribution is -0.166. The maximum Gasteiger partial charge on any atom is 0.344 e. The third-order valence-electron chi connectivity index (χ3n) is 2.41. The van der Waals surface area contributed by atoms with Gasteiger partial charge >= 0.3 is 11.9 Å². The number of hydrogen-bond acceptors (Lipinski definition) is 5. The molecular weight excluding hydrogens is 329 g/mol. The number of ether oxygens (including phenoxy) is 2. The number of halogens is 2. The molecule has 0 aliphatic heterocycles. The van der Waals surface area contributed by atoms with Crippen molar-refractivity contribution in [3.63, 3.8) is 0 Å². The molecule has 0 radical (unpaired) electrons. The van der Waals surface area contributed by atoms with E-state index >= 15 is 0 Å². The third kappa shape index (κ3) is 6.54. The zero-order valence-corrected chi connectivity index (χ0v) is 14.4. The van der Waals surface area contributed by atoms with Crippen LogP contribution < -0.4 is 5.32 Å². The Hall–Kier alpha value is -1.46. The van der Waals surface area contributed by atoms with E-state index in [2.05, 4.69) is 5.32 Å². The van der Waals surface area contributed by atoms with Crippen molar-refractivity contribution in [1.29, 1.82) is 0 Å². The van der Waals surface area contributed by atoms with E-state index in [1.165, 1.54) is 0 Å². The quantitative estimate of drug-likeness (QED) is 0.823. The second-order valence-electron chi connectivity index (χ2n) is 5.69. The van der Waals surface area contributed by atoms with Crippen molar-refractivity contribution in [2.75, 3.05) is 11.9 Å². The van der Waals surface area contributed by atoms with E-state index in [1.807, 2.05) is 0 Å². The third-order valence-corrected chi connectivity index (χ3v) is 3.15. The minimum atomic E-state index is -0.653. The van der Waals surface area contributed by atoms with Gasteiger partial charge in [-0.15, -0.1) is 0 Å². The van der Waals surface area contributed by atoms with E-state index in [0.29, 0.717) is 15.7 Å². The van der Waals surface area contributed by atoms with Gasteiger partial charge in [0.15, 0.2) is 6.61 Å². The van der Waals surface area contributed by atoms with Crippen molar-refractivity contribution in [2.24, 2.45) is 0 Å². The molecule has 0 aromatic heterocycles. The Morgan fingerprint density at radius 3 is 2.41 bits per heavy atom. The molecule has 0 fully saturated rings. The summed E-state index contributed by atoms with van der Waals surface area (Å²) < 4.78 is 9.95. The minimum Gasteiger partial charge on any atom is -0.457 e. The fraction of sp³-hybridized carbons (Fsp3) is 0.467. The normalized spacial score (nSPS) is 12.5. The van der Waals surface area contributed by atoms with Gasteiger partial charge in [0.25, 0.3) is 0 Å². The van der Waals surface area contributed by atoms with Crippen LogP contribution in [0.4, 0.5) is 5.69 Å². The summed E-state index contributed by atoms with van der Waals surface area (Å²) in [4.78, 5) is 23.3. The van der Waals surface area contributed by atoms with Crippen LogP contribution in [0.2, 0.25) is 10.0 Å². The van der Waals surface area contributed by atoms with Crippen LogP contribution in [-0.2, 0) is 19.1 Å². The molecule has 0 heterocycles. The molecule has 5 nitrogen and oxygen atoms in total. The van der Waals surface area contributed by atoms with Crippen LogP contribution in [0, 0.1) is 0 Å². The van der Waals surface area contributed by atoms with Crippen molar-refractivity contribution in [2.45, 2.75) is 39.3 Å². The van der Waals surface area contributed by atoms with Crippen LogP contribution >= 0.6 is 23.2 Å². The lowest BCUT2D eigenvalue weighted by Crippen LogP contribution is -2.32. The fourth-order valence-corrected chi connectivity index (χ4v) is 1.82. The lowest BCUT2D eigenvalue weighted by Gasteiger charge is -2.20. The molecule has 0 aliphatic rings. The van der Waals surface area contributed by atoms with E-state index in [9.17, 15) is 9.59 Å². The van der Waals surface area contributed by atoms with Crippen LogP contribution in [-0.4, -0.2) is 30.2 Å². The van der Waals surface area contributed by atoms with Gasteiger partial charge in [0, 0.05) is 5.69 Å². The molecule has 0 aliphatic carbocycles. The van der Waals surface area contributed by atoms with Crippen molar-refractivity contribution in [3.05, 3.63) is 28.2 Å². The monoisotopic (exact) mass is 347 g/mol. The van der Waals surface area contributed by atoms with Gasteiger partial charge in [-0.1, -0.05) is 23.2 Å². The van der Waals surface area contributed by atoms with E-state index in [-0.39, 0.29) is 0 Å². The number of benzene rings is 1. The van der Waals surface area contributed by atoms with Crippen molar-refractivity contribution in [3.8, 4) is 0 Å². The van der Waals surface area contributed by atoms with Crippen LogP contribution in [0.25, 0.3) is 0 Å². The van der Waals surface area contributed by atoms with Gasteiger partial charge in [-0.3, -0.25) is 0 Å². The van der Waals surface area contributed by atoms with Crippen LogP contribution in [0.1, 0.15) is 27.7 Å². The summed E-state index contributed by atoms with van der Waals surface area (Å²) in [6.07, 6.45) is 0. The molecule has 1 aromatic rings. The van der Waals surface area contributed by atoms with E-state index < -0.39 is 30.2 Å². The highest BCUT2D eigenvalue weighted by Gasteiger charge is 2.20. The molecule has 0 bridgehead atoms. The summed E-state index contributed by atoms with van der Waals surface area (Å²) in [7, 11) is 0. The van der Waals surface area contributed by atoms with Crippen molar-refractivity contribution < 1.29 is 19.1 Å². The summed E-state index contributed by atoms with van der Waals surface area (Å²) in [5, 5.41) is 3.71. The first-order chi connectivity index (χ1) is 10.1. The molecule has 1 atom stereocenters. The van der Waals surface area contributed by atoms with Gasteiger partial charge in [0.2, 0.25) is 0 Å². The lowest BCUT2D eigenvalue weighted by atomic mass is 10.2. The first-order valence-corrected chi connectivity index (χ1v) is 7.44. The molecule has 0 spiro atoms. The number of carbonyl (C=O) groups excluding carboxylic acids is 2. The molecule has 0 saturated carbocycles. The Morgan fingerprint density at radius 1 is 1.23 bits per heavy atom. The second kappa shape index (κ2) is 7.70. The highest BCUT2D eigenvalue weighted by atomic mass is 35.5. The Morgan fingerprint density at radius 2 is 1.86 bits per heavy atom. The Bertz CT molecular complexity index is 555. The van der Waals surface area contributed by atoms with E-state index in [0.717, 1.165) is 0 Å². The average Bonchev–Trinajstić information content (AvgIpc) is 2.38. The maximum absolute atomic E-state index is 11.8. The predicted octanol–water partition coefficient (Wildman–Crippen LogP) is 3.68. The first kappa shape index (κ1) is 18.6. The fourth-order valence-electron chi connectivity index (χ4n) is 1.52. The minimum absolute atomic E-state index is 0.376. The summed E-state index contributed by atoms with van der Waals surface area (Å²) in [5.74, 6) is -1.17. The summed E-state index contributed by atoms with van der Waals surface area (Å²) in [6, 6.07) is 4.25. The highest BCUT2D eigenvalue weighted by molar-refractivity contribution is 6.42. The molecule has 1 aromatic carbocycles. The average molecular weight is 348 g/mol. The standard InChI is InChI=1S/C15H19Cl2NO4/c1-9(18-10-5-6-11(16)12(17)7-10)14(20)21-8-13(19)22-15(2,3)4/h5-7,9,18H,8H2,1-4H3. The zero-order chi connectivity index (χ0) is 16.9. The van der Waals surface area contributed by atoms with Gasteiger partial charge in [-0.25, -0.2) is 9.59 Å². The van der Waals surface area contributed by atoms with Gasteiger partial charge in [0.1, 0.15) is 11.6 Å². The molecule has 1 unspecified atom stereocenters.